The number of rotatable bonds is 3. The summed E-state index contributed by atoms with van der Waals surface area (Å²) in [6, 6.07) is 9.12. The van der Waals surface area contributed by atoms with E-state index < -0.39 is 0 Å². The Hall–Kier alpha value is -0.996. The van der Waals surface area contributed by atoms with Gasteiger partial charge in [0.15, 0.2) is 0 Å². The molecule has 131 valence electrons. The van der Waals surface area contributed by atoms with Crippen molar-refractivity contribution in [2.45, 2.75) is 48.1 Å². The van der Waals surface area contributed by atoms with Crippen molar-refractivity contribution in [1.29, 1.82) is 0 Å². The van der Waals surface area contributed by atoms with Crippen LogP contribution in [0.5, 0.6) is 0 Å². The van der Waals surface area contributed by atoms with E-state index in [0.29, 0.717) is 6.54 Å². The minimum Gasteiger partial charge on any atom is -0.520 e. The molecule has 0 bridgehead atoms. The fourth-order valence-corrected chi connectivity index (χ4v) is 1.78. The Morgan fingerprint density at radius 2 is 1.83 bits per heavy atom. The molecule has 0 aliphatic carbocycles. The van der Waals surface area contributed by atoms with Crippen molar-refractivity contribution in [2.24, 2.45) is 7.05 Å². The molecule has 0 aliphatic heterocycles. The summed E-state index contributed by atoms with van der Waals surface area (Å²) < 4.78 is 1.99. The molecule has 0 saturated heterocycles. The van der Waals surface area contributed by atoms with Gasteiger partial charge in [-0.3, -0.25) is 0 Å². The zero-order valence-electron chi connectivity index (χ0n) is 16.3. The summed E-state index contributed by atoms with van der Waals surface area (Å²) in [6.07, 6.45) is 1.80. The Balaban J connectivity index is 0. The third-order valence-electron chi connectivity index (χ3n) is 3.58. The third-order valence-corrected chi connectivity index (χ3v) is 3.58. The molecule has 5 heteroatoms. The van der Waals surface area contributed by atoms with E-state index in [1.54, 1.807) is 13.5 Å². The molecule has 0 unspecified atom stereocenters. The number of aryl methyl sites for hydroxylation is 3. The first-order valence-corrected chi connectivity index (χ1v) is 7.88. The van der Waals surface area contributed by atoms with Gasteiger partial charge in [-0.2, -0.15) is 41.8 Å². The number of carbonyl (C=O) groups excluding carboxylic acids is 1. The van der Waals surface area contributed by atoms with Gasteiger partial charge in [-0.05, 0) is 20.9 Å². The summed E-state index contributed by atoms with van der Waals surface area (Å²) in [5.74, 6) is 0.890. The van der Waals surface area contributed by atoms with Crippen LogP contribution >= 0.6 is 0 Å². The van der Waals surface area contributed by atoms with Gasteiger partial charge in [0.2, 0.25) is 0 Å². The second-order valence-corrected chi connectivity index (χ2v) is 5.18. The number of hydrogen-bond acceptors (Lipinski definition) is 2. The van der Waals surface area contributed by atoms with Crippen molar-refractivity contribution < 1.29 is 37.5 Å². The van der Waals surface area contributed by atoms with Gasteiger partial charge in [0.25, 0.3) is 0 Å². The number of hydrogen-bond donors (Lipinski definition) is 0. The average Bonchev–Trinajstić information content (AvgIpc) is 2.80. The van der Waals surface area contributed by atoms with Crippen LogP contribution in [0.4, 0.5) is 0 Å². The van der Waals surface area contributed by atoms with Gasteiger partial charge in [0.05, 0.1) is 5.69 Å². The molecule has 2 rings (SSSR count). The fraction of sp³-hybridized carbons (Fsp3) is 0.474. The predicted molar refractivity (Wildman–Crippen MR) is 95.9 cm³/mol. The van der Waals surface area contributed by atoms with Crippen LogP contribution in [0.15, 0.2) is 18.2 Å². The van der Waals surface area contributed by atoms with Crippen LogP contribution in [0.3, 0.4) is 0 Å². The molecule has 1 aromatic carbocycles. The zero-order chi connectivity index (χ0) is 18.0. The molecule has 0 saturated carbocycles. The van der Waals surface area contributed by atoms with Gasteiger partial charge >= 0.3 is 0 Å². The Labute approximate surface area is 172 Å². The maximum atomic E-state index is 10.3. The van der Waals surface area contributed by atoms with Gasteiger partial charge in [0.1, 0.15) is 5.82 Å². The van der Waals surface area contributed by atoms with E-state index in [0.717, 1.165) is 17.2 Å². The van der Waals surface area contributed by atoms with Crippen LogP contribution in [-0.4, -0.2) is 27.9 Å². The van der Waals surface area contributed by atoms with Crippen molar-refractivity contribution in [2.75, 3.05) is 7.05 Å². The van der Waals surface area contributed by atoms with E-state index in [2.05, 4.69) is 31.0 Å². The Morgan fingerprint density at radius 3 is 2.17 bits per heavy atom. The van der Waals surface area contributed by atoms with Crippen LogP contribution in [0, 0.1) is 33.8 Å². The second-order valence-electron chi connectivity index (χ2n) is 5.18. The monoisotopic (exact) mass is 404 g/mol. The molecule has 2 aromatic rings. The molecular formula is C19H29N3OY-2. The first-order valence-electron chi connectivity index (χ1n) is 7.88. The third kappa shape index (κ3) is 8.21. The van der Waals surface area contributed by atoms with E-state index in [1.807, 2.05) is 51.4 Å². The molecule has 0 aliphatic rings. The van der Waals surface area contributed by atoms with Crippen LogP contribution in [0.25, 0.3) is 0 Å². The smallest absolute Gasteiger partial charge is 0.125 e. The summed E-state index contributed by atoms with van der Waals surface area (Å²) in [7, 11) is 3.63. The largest absolute Gasteiger partial charge is 0.520 e. The van der Waals surface area contributed by atoms with Crippen molar-refractivity contribution in [3.8, 4) is 0 Å². The average molecular weight is 404 g/mol. The Morgan fingerprint density at radius 1 is 1.25 bits per heavy atom. The van der Waals surface area contributed by atoms with E-state index in [-0.39, 0.29) is 32.7 Å². The first kappa shape index (κ1) is 25.2. The van der Waals surface area contributed by atoms with Crippen LogP contribution in [-0.2, 0) is 51.1 Å². The summed E-state index contributed by atoms with van der Waals surface area (Å²) in [6.45, 7) is 12.6. The minimum atomic E-state index is 0. The van der Waals surface area contributed by atoms with E-state index in [9.17, 15) is 4.79 Å². The fourth-order valence-electron chi connectivity index (χ4n) is 1.78. The summed E-state index contributed by atoms with van der Waals surface area (Å²) >= 11 is 0. The SMILES string of the molecule is CC.Cc1[c-]cccc1C.Cc1nc(CN(C)[C-]=O)n(C)c1C.[Y]. The van der Waals surface area contributed by atoms with Crippen LogP contribution < -0.4 is 0 Å². The molecule has 1 aromatic heterocycles. The normalized spacial score (nSPS) is 8.83. The molecule has 1 amide bonds. The van der Waals surface area contributed by atoms with Crippen LogP contribution in [0.2, 0.25) is 0 Å². The molecule has 1 radical (unpaired) electrons. The molecule has 0 fully saturated rings. The van der Waals surface area contributed by atoms with E-state index in [1.165, 1.54) is 16.0 Å². The van der Waals surface area contributed by atoms with Crippen LogP contribution in [0.1, 0.15) is 42.2 Å². The molecule has 4 nitrogen and oxygen atoms in total. The molecule has 0 N–H and O–H groups in total. The van der Waals surface area contributed by atoms with Crippen molar-refractivity contribution in [3.05, 3.63) is 52.6 Å². The number of amides is 1. The Bertz CT molecular complexity index is 588. The topological polar surface area (TPSA) is 38.1 Å². The number of imidazole rings is 1. The molecule has 0 spiro atoms. The molecule has 1 heterocycles. The van der Waals surface area contributed by atoms with E-state index >= 15 is 0 Å². The number of benzene rings is 1. The van der Waals surface area contributed by atoms with Gasteiger partial charge in [-0.25, -0.2) is 4.98 Å². The summed E-state index contributed by atoms with van der Waals surface area (Å²) in [5, 5.41) is 0. The van der Waals surface area contributed by atoms with Gasteiger partial charge < -0.3 is 14.3 Å². The predicted octanol–water partition coefficient (Wildman–Crippen LogP) is 3.66. The standard InChI is InChI=1S/C9H14N3O.C8H9.C2H6.Y/c1-7-8(2)12(4)9(10-7)5-11(3)6-13;1-7-5-3-4-6-8(7)2;1-2;/h5H2,1-4H3;3-5H,1-2H3;1-2H3;/q2*-1;;. The number of nitrogens with zero attached hydrogens (tertiary/aromatic N) is 3. The van der Waals surface area contributed by atoms with Gasteiger partial charge in [-0.15, -0.1) is 0 Å². The molecular weight excluding hydrogens is 375 g/mol. The maximum Gasteiger partial charge on any atom is 0.125 e. The molecule has 0 atom stereocenters. The van der Waals surface area contributed by atoms with Gasteiger partial charge in [0, 0.05) is 52.0 Å². The van der Waals surface area contributed by atoms with Gasteiger partial charge in [-0.1, -0.05) is 27.7 Å². The maximum absolute atomic E-state index is 10.3. The second kappa shape index (κ2) is 13.3. The van der Waals surface area contributed by atoms with Crippen molar-refractivity contribution >= 4 is 6.41 Å². The van der Waals surface area contributed by atoms with Crippen molar-refractivity contribution in [1.82, 2.24) is 14.5 Å². The first-order chi connectivity index (χ1) is 10.9. The minimum absolute atomic E-state index is 0. The number of aromatic nitrogens is 2. The molecule has 24 heavy (non-hydrogen) atoms. The summed E-state index contributed by atoms with van der Waals surface area (Å²) in [4.78, 5) is 16.1. The van der Waals surface area contributed by atoms with E-state index in [4.69, 9.17) is 0 Å². The zero-order valence-corrected chi connectivity index (χ0v) is 19.1. The Kier molecular flexibility index (Phi) is 14.0. The van der Waals surface area contributed by atoms with Crippen molar-refractivity contribution in [3.63, 3.8) is 0 Å². The quantitative estimate of drug-likeness (QED) is 0.579. The summed E-state index contributed by atoms with van der Waals surface area (Å²) in [5.41, 5.74) is 4.70.